The van der Waals surface area contributed by atoms with E-state index in [-0.39, 0.29) is 0 Å². The molecule has 8 heavy (non-hydrogen) atoms. The Bertz CT molecular complexity index is 95.8. The van der Waals surface area contributed by atoms with Crippen LogP contribution in [0, 0.1) is 10.8 Å². The quantitative estimate of drug-likeness (QED) is 0.505. The van der Waals surface area contributed by atoms with Crippen molar-refractivity contribution in [1.82, 2.24) is 4.90 Å². The highest BCUT2D eigenvalue weighted by Gasteiger charge is 1.91. The Kier molecular flexibility index (Phi) is 3.03. The van der Waals surface area contributed by atoms with Crippen LogP contribution in [0.4, 0.5) is 0 Å². The SMILES string of the molecule is CN(C)CC(=N)C=N. The molecule has 0 aromatic carbocycles. The summed E-state index contributed by atoms with van der Waals surface area (Å²) in [5.74, 6) is 0. The fraction of sp³-hybridized carbons (Fsp3) is 0.600. The van der Waals surface area contributed by atoms with E-state index in [1.54, 1.807) is 0 Å². The first-order valence-corrected chi connectivity index (χ1v) is 2.39. The highest BCUT2D eigenvalue weighted by molar-refractivity contribution is 6.28. The molecule has 0 rings (SSSR count). The molecule has 2 N–H and O–H groups in total. The van der Waals surface area contributed by atoms with Crippen molar-refractivity contribution in [2.45, 2.75) is 0 Å². The predicted molar refractivity (Wildman–Crippen MR) is 35.1 cm³/mol. The maximum atomic E-state index is 6.98. The van der Waals surface area contributed by atoms with Gasteiger partial charge in [-0.15, -0.1) is 0 Å². The summed E-state index contributed by atoms with van der Waals surface area (Å²) in [5.41, 5.74) is 0.343. The Morgan fingerprint density at radius 2 is 2.12 bits per heavy atom. The molecular formula is C5H11N3. The monoisotopic (exact) mass is 113 g/mol. The van der Waals surface area contributed by atoms with Crippen LogP contribution in [0.25, 0.3) is 0 Å². The summed E-state index contributed by atoms with van der Waals surface area (Å²) >= 11 is 0. The lowest BCUT2D eigenvalue weighted by Crippen LogP contribution is -2.21. The molecule has 0 aromatic rings. The van der Waals surface area contributed by atoms with E-state index >= 15 is 0 Å². The van der Waals surface area contributed by atoms with Gasteiger partial charge in [0.1, 0.15) is 0 Å². The molecule has 0 fully saturated rings. The molecule has 3 nitrogen and oxygen atoms in total. The highest BCUT2D eigenvalue weighted by Crippen LogP contribution is 1.72. The van der Waals surface area contributed by atoms with Gasteiger partial charge < -0.3 is 15.7 Å². The van der Waals surface area contributed by atoms with Gasteiger partial charge in [-0.1, -0.05) is 0 Å². The Balaban J connectivity index is 3.39. The van der Waals surface area contributed by atoms with Crippen LogP contribution >= 0.6 is 0 Å². The molecule has 0 aliphatic rings. The minimum atomic E-state index is 0.343. The van der Waals surface area contributed by atoms with Crippen LogP contribution in [0.3, 0.4) is 0 Å². The molecule has 46 valence electrons. The zero-order valence-corrected chi connectivity index (χ0v) is 5.23. The van der Waals surface area contributed by atoms with E-state index in [9.17, 15) is 0 Å². The van der Waals surface area contributed by atoms with Gasteiger partial charge >= 0.3 is 0 Å². The van der Waals surface area contributed by atoms with Crippen molar-refractivity contribution < 1.29 is 0 Å². The number of nitrogens with one attached hydrogen (secondary N) is 2. The molecule has 0 unspecified atom stereocenters. The Morgan fingerprint density at radius 3 is 2.25 bits per heavy atom. The summed E-state index contributed by atoms with van der Waals surface area (Å²) in [7, 11) is 3.75. The lowest BCUT2D eigenvalue weighted by Gasteiger charge is -2.05. The predicted octanol–water partition coefficient (Wildman–Crippen LogP) is 0.217. The lowest BCUT2D eigenvalue weighted by molar-refractivity contribution is 0.471. The first-order chi connectivity index (χ1) is 3.66. The molecular weight excluding hydrogens is 102 g/mol. The Morgan fingerprint density at radius 1 is 1.62 bits per heavy atom. The van der Waals surface area contributed by atoms with Crippen molar-refractivity contribution in [1.29, 1.82) is 10.8 Å². The van der Waals surface area contributed by atoms with Crippen LogP contribution in [0.1, 0.15) is 0 Å². The summed E-state index contributed by atoms with van der Waals surface area (Å²) in [6.07, 6.45) is 1.06. The van der Waals surface area contributed by atoms with E-state index in [1.807, 2.05) is 19.0 Å². The fourth-order valence-electron chi connectivity index (χ4n) is 0.386. The van der Waals surface area contributed by atoms with Gasteiger partial charge in [0.25, 0.3) is 0 Å². The zero-order chi connectivity index (χ0) is 6.57. The first kappa shape index (κ1) is 7.30. The van der Waals surface area contributed by atoms with Gasteiger partial charge in [-0.3, -0.25) is 0 Å². The third kappa shape index (κ3) is 3.49. The van der Waals surface area contributed by atoms with Crippen LogP contribution in [0.5, 0.6) is 0 Å². The van der Waals surface area contributed by atoms with E-state index in [0.29, 0.717) is 12.3 Å². The Hall–Kier alpha value is -0.700. The van der Waals surface area contributed by atoms with Gasteiger partial charge in [0.2, 0.25) is 0 Å². The smallest absolute Gasteiger partial charge is 0.0629 e. The van der Waals surface area contributed by atoms with Gasteiger partial charge in [-0.05, 0) is 14.1 Å². The minimum absolute atomic E-state index is 0.343. The second kappa shape index (κ2) is 3.32. The number of hydrogen-bond donors (Lipinski definition) is 2. The van der Waals surface area contributed by atoms with Crippen molar-refractivity contribution in [3.8, 4) is 0 Å². The number of hydrogen-bond acceptors (Lipinski definition) is 3. The summed E-state index contributed by atoms with van der Waals surface area (Å²) < 4.78 is 0. The van der Waals surface area contributed by atoms with E-state index < -0.39 is 0 Å². The summed E-state index contributed by atoms with van der Waals surface area (Å²) in [5, 5.41) is 13.6. The third-order valence-corrected chi connectivity index (χ3v) is 0.661. The highest BCUT2D eigenvalue weighted by atomic mass is 15.1. The average molecular weight is 113 g/mol. The van der Waals surface area contributed by atoms with Crippen molar-refractivity contribution >= 4 is 11.9 Å². The molecule has 0 aliphatic carbocycles. The molecule has 3 heteroatoms. The standard InChI is InChI=1S/C5H11N3/c1-8(2)4-5(7)3-6/h3,6-7H,4H2,1-2H3. The topological polar surface area (TPSA) is 50.9 Å². The van der Waals surface area contributed by atoms with Gasteiger partial charge in [0.15, 0.2) is 0 Å². The molecule has 0 heterocycles. The maximum absolute atomic E-state index is 6.98. The van der Waals surface area contributed by atoms with Crippen LogP contribution < -0.4 is 0 Å². The molecule has 0 saturated heterocycles. The lowest BCUT2D eigenvalue weighted by atomic mass is 10.4. The largest absolute Gasteiger partial charge is 0.307 e. The van der Waals surface area contributed by atoms with E-state index in [4.69, 9.17) is 10.8 Å². The fourth-order valence-corrected chi connectivity index (χ4v) is 0.386. The molecule has 0 saturated carbocycles. The second-order valence-electron chi connectivity index (χ2n) is 1.91. The summed E-state index contributed by atoms with van der Waals surface area (Å²) in [6.45, 7) is 0.559. The maximum Gasteiger partial charge on any atom is 0.0629 e. The average Bonchev–Trinajstić information content (AvgIpc) is 1.65. The van der Waals surface area contributed by atoms with E-state index in [0.717, 1.165) is 6.21 Å². The van der Waals surface area contributed by atoms with Crippen molar-refractivity contribution in [2.24, 2.45) is 0 Å². The van der Waals surface area contributed by atoms with Crippen molar-refractivity contribution in [2.75, 3.05) is 20.6 Å². The molecule has 0 radical (unpaired) electrons. The molecule has 0 aliphatic heterocycles. The van der Waals surface area contributed by atoms with Gasteiger partial charge in [-0.25, -0.2) is 0 Å². The van der Waals surface area contributed by atoms with Gasteiger partial charge in [0.05, 0.1) is 5.71 Å². The van der Waals surface area contributed by atoms with Gasteiger partial charge in [0, 0.05) is 12.8 Å². The first-order valence-electron chi connectivity index (χ1n) is 2.39. The number of nitrogens with zero attached hydrogens (tertiary/aromatic N) is 1. The van der Waals surface area contributed by atoms with Gasteiger partial charge in [-0.2, -0.15) is 0 Å². The molecule has 0 atom stereocenters. The minimum Gasteiger partial charge on any atom is -0.307 e. The normalized spacial score (nSPS) is 9.38. The third-order valence-electron chi connectivity index (χ3n) is 0.661. The van der Waals surface area contributed by atoms with Crippen molar-refractivity contribution in [3.05, 3.63) is 0 Å². The summed E-state index contributed by atoms with van der Waals surface area (Å²) in [4.78, 5) is 1.85. The molecule has 0 spiro atoms. The van der Waals surface area contributed by atoms with Crippen LogP contribution in [-0.4, -0.2) is 37.5 Å². The van der Waals surface area contributed by atoms with Crippen molar-refractivity contribution in [3.63, 3.8) is 0 Å². The Labute approximate surface area is 49.3 Å². The number of rotatable bonds is 3. The van der Waals surface area contributed by atoms with Crippen LogP contribution in [-0.2, 0) is 0 Å². The van der Waals surface area contributed by atoms with Crippen LogP contribution in [0.2, 0.25) is 0 Å². The van der Waals surface area contributed by atoms with E-state index in [1.165, 1.54) is 0 Å². The molecule has 0 amide bonds. The molecule has 0 aromatic heterocycles. The van der Waals surface area contributed by atoms with Crippen LogP contribution in [0.15, 0.2) is 0 Å². The van der Waals surface area contributed by atoms with E-state index in [2.05, 4.69) is 0 Å². The molecule has 0 bridgehead atoms. The summed E-state index contributed by atoms with van der Waals surface area (Å²) in [6, 6.07) is 0. The zero-order valence-electron chi connectivity index (χ0n) is 5.23. The second-order valence-corrected chi connectivity index (χ2v) is 1.91.